The minimum Gasteiger partial charge on any atom is -0.324 e. The lowest BCUT2D eigenvalue weighted by Crippen LogP contribution is -2.28. The van der Waals surface area contributed by atoms with Gasteiger partial charge in [-0.25, -0.2) is 0 Å². The average molecular weight is 434 g/mol. The minimum absolute atomic E-state index is 0.0327. The Morgan fingerprint density at radius 2 is 1.94 bits per heavy atom. The second kappa shape index (κ2) is 7.67. The van der Waals surface area contributed by atoms with Gasteiger partial charge in [0.15, 0.2) is 5.82 Å². The van der Waals surface area contributed by atoms with Crippen molar-refractivity contribution in [1.29, 1.82) is 0 Å². The smallest absolute Gasteiger partial charge is 0.279 e. The van der Waals surface area contributed by atoms with Gasteiger partial charge in [0.1, 0.15) is 6.54 Å². The van der Waals surface area contributed by atoms with Crippen LogP contribution in [0.3, 0.4) is 0 Å². The molecule has 0 spiro atoms. The average Bonchev–Trinajstić information content (AvgIpc) is 3.43. The summed E-state index contributed by atoms with van der Waals surface area (Å²) in [6.45, 7) is 1.89. The number of nitrogens with zero attached hydrogens (tertiary/aromatic N) is 4. The highest BCUT2D eigenvalue weighted by Crippen LogP contribution is 2.25. The van der Waals surface area contributed by atoms with E-state index in [0.29, 0.717) is 34.3 Å². The number of halogens is 1. The van der Waals surface area contributed by atoms with E-state index in [0.717, 1.165) is 29.7 Å². The third-order valence-electron chi connectivity index (χ3n) is 5.67. The molecule has 8 heteroatoms. The lowest BCUT2D eigenvalue weighted by atomic mass is 10.2. The molecule has 1 amide bonds. The van der Waals surface area contributed by atoms with E-state index in [2.05, 4.69) is 15.4 Å². The van der Waals surface area contributed by atoms with Crippen molar-refractivity contribution in [2.45, 2.75) is 32.7 Å². The van der Waals surface area contributed by atoms with Gasteiger partial charge < -0.3 is 9.88 Å². The van der Waals surface area contributed by atoms with E-state index >= 15 is 0 Å². The van der Waals surface area contributed by atoms with Crippen molar-refractivity contribution >= 4 is 29.0 Å². The normalized spacial score (nSPS) is 12.8. The zero-order valence-electron chi connectivity index (χ0n) is 16.9. The Hall–Kier alpha value is -3.45. The Labute approximate surface area is 183 Å². The first kappa shape index (κ1) is 19.5. The van der Waals surface area contributed by atoms with Crippen LogP contribution in [0, 0.1) is 6.92 Å². The molecule has 2 heterocycles. The molecule has 156 valence electrons. The van der Waals surface area contributed by atoms with Crippen LogP contribution in [0.25, 0.3) is 17.2 Å². The highest BCUT2D eigenvalue weighted by molar-refractivity contribution is 6.31. The fourth-order valence-electron chi connectivity index (χ4n) is 4.07. The molecular weight excluding hydrogens is 414 g/mol. The number of amides is 1. The summed E-state index contributed by atoms with van der Waals surface area (Å²) in [4.78, 5) is 30.6. The molecule has 2 aromatic heterocycles. The highest BCUT2D eigenvalue weighted by atomic mass is 35.5. The SMILES string of the molecule is Cc1c(Cl)cccc1NC(=O)Cn1c2c(c(=O)n3nc(-c4ccccc4)nc13)CCC2. The predicted molar refractivity (Wildman–Crippen MR) is 120 cm³/mol. The quantitative estimate of drug-likeness (QED) is 0.532. The van der Waals surface area contributed by atoms with Crippen molar-refractivity contribution in [3.63, 3.8) is 0 Å². The summed E-state index contributed by atoms with van der Waals surface area (Å²) in [5.41, 5.74) is 3.71. The van der Waals surface area contributed by atoms with Crippen LogP contribution in [0.2, 0.25) is 5.02 Å². The van der Waals surface area contributed by atoms with Crippen molar-refractivity contribution in [2.24, 2.45) is 0 Å². The summed E-state index contributed by atoms with van der Waals surface area (Å²) in [5.74, 6) is 0.623. The molecule has 0 atom stereocenters. The zero-order chi connectivity index (χ0) is 21.5. The second-order valence-corrected chi connectivity index (χ2v) is 8.05. The summed E-state index contributed by atoms with van der Waals surface area (Å²) in [6.07, 6.45) is 2.29. The molecule has 0 aliphatic heterocycles. The van der Waals surface area contributed by atoms with Crippen molar-refractivity contribution < 1.29 is 4.79 Å². The molecule has 0 fully saturated rings. The van der Waals surface area contributed by atoms with Crippen LogP contribution in [0.4, 0.5) is 5.69 Å². The number of hydrogen-bond donors (Lipinski definition) is 1. The van der Waals surface area contributed by atoms with Gasteiger partial charge in [-0.3, -0.25) is 9.59 Å². The van der Waals surface area contributed by atoms with E-state index in [1.165, 1.54) is 4.52 Å². The summed E-state index contributed by atoms with van der Waals surface area (Å²) >= 11 is 6.18. The van der Waals surface area contributed by atoms with Gasteiger partial charge in [-0.15, -0.1) is 5.10 Å². The van der Waals surface area contributed by atoms with Crippen LogP contribution in [0.15, 0.2) is 53.3 Å². The van der Waals surface area contributed by atoms with E-state index in [-0.39, 0.29) is 18.0 Å². The summed E-state index contributed by atoms with van der Waals surface area (Å²) in [7, 11) is 0. The van der Waals surface area contributed by atoms with Crippen LogP contribution in [0.5, 0.6) is 0 Å². The van der Waals surface area contributed by atoms with Gasteiger partial charge in [0, 0.05) is 27.5 Å². The second-order valence-electron chi connectivity index (χ2n) is 7.64. The van der Waals surface area contributed by atoms with Crippen molar-refractivity contribution in [1.82, 2.24) is 19.2 Å². The Balaban J connectivity index is 1.58. The van der Waals surface area contributed by atoms with Gasteiger partial charge in [0.25, 0.3) is 5.56 Å². The third-order valence-corrected chi connectivity index (χ3v) is 6.08. The number of benzene rings is 2. The van der Waals surface area contributed by atoms with Gasteiger partial charge in [0.05, 0.1) is 0 Å². The van der Waals surface area contributed by atoms with E-state index < -0.39 is 0 Å². The topological polar surface area (TPSA) is 81.3 Å². The molecular formula is C23H20ClN5O2. The number of aromatic nitrogens is 4. The monoisotopic (exact) mass is 433 g/mol. The maximum atomic E-state index is 13.0. The van der Waals surface area contributed by atoms with Crippen LogP contribution >= 0.6 is 11.6 Å². The zero-order valence-corrected chi connectivity index (χ0v) is 17.7. The van der Waals surface area contributed by atoms with E-state index in [4.69, 9.17) is 11.6 Å². The predicted octanol–water partition coefficient (Wildman–Crippen LogP) is 3.65. The maximum absolute atomic E-state index is 13.0. The first-order valence-electron chi connectivity index (χ1n) is 10.1. The number of anilines is 1. The molecule has 1 aliphatic carbocycles. The Kier molecular flexibility index (Phi) is 4.82. The van der Waals surface area contributed by atoms with Crippen molar-refractivity contribution in [3.05, 3.63) is 80.7 Å². The first-order valence-corrected chi connectivity index (χ1v) is 10.5. The molecule has 31 heavy (non-hydrogen) atoms. The molecule has 0 saturated carbocycles. The molecule has 0 unspecified atom stereocenters. The number of fused-ring (bicyclic) bond motifs is 2. The molecule has 1 aliphatic rings. The molecule has 5 rings (SSSR count). The molecule has 4 aromatic rings. The molecule has 0 bridgehead atoms. The fraction of sp³-hybridized carbons (Fsp3) is 0.217. The number of carbonyl (C=O) groups is 1. The maximum Gasteiger partial charge on any atom is 0.279 e. The Morgan fingerprint density at radius 1 is 1.13 bits per heavy atom. The lowest BCUT2D eigenvalue weighted by molar-refractivity contribution is -0.116. The van der Waals surface area contributed by atoms with Crippen molar-refractivity contribution in [3.8, 4) is 11.4 Å². The lowest BCUT2D eigenvalue weighted by Gasteiger charge is -2.15. The summed E-state index contributed by atoms with van der Waals surface area (Å²) < 4.78 is 3.14. The number of hydrogen-bond acceptors (Lipinski definition) is 4. The third kappa shape index (κ3) is 3.41. The molecule has 0 saturated heterocycles. The van der Waals surface area contributed by atoms with E-state index in [1.807, 2.05) is 47.9 Å². The largest absolute Gasteiger partial charge is 0.324 e. The summed E-state index contributed by atoms with van der Waals surface area (Å²) in [5, 5.41) is 7.98. The van der Waals surface area contributed by atoms with E-state index in [1.54, 1.807) is 12.1 Å². The fourth-order valence-corrected chi connectivity index (χ4v) is 4.25. The summed E-state index contributed by atoms with van der Waals surface area (Å²) in [6, 6.07) is 14.9. The standard InChI is InChI=1S/C23H20ClN5O2/c1-14-17(24)10-6-11-18(14)25-20(30)13-28-19-12-5-9-16(19)22(31)29-23(28)26-21(27-29)15-7-3-2-4-8-15/h2-4,6-8,10-11H,5,9,12-13H2,1H3,(H,25,30). The van der Waals surface area contributed by atoms with Crippen LogP contribution < -0.4 is 10.9 Å². The number of rotatable bonds is 4. The van der Waals surface area contributed by atoms with E-state index in [9.17, 15) is 9.59 Å². The molecule has 1 N–H and O–H groups in total. The first-order chi connectivity index (χ1) is 15.0. The van der Waals surface area contributed by atoms with Crippen LogP contribution in [0.1, 0.15) is 23.2 Å². The van der Waals surface area contributed by atoms with Gasteiger partial charge in [0.2, 0.25) is 11.7 Å². The Bertz CT molecular complexity index is 1370. The number of carbonyl (C=O) groups excluding carboxylic acids is 1. The van der Waals surface area contributed by atoms with Crippen LogP contribution in [-0.4, -0.2) is 25.1 Å². The number of nitrogens with one attached hydrogen (secondary N) is 1. The molecule has 7 nitrogen and oxygen atoms in total. The van der Waals surface area contributed by atoms with Crippen LogP contribution in [-0.2, 0) is 24.2 Å². The molecule has 2 aromatic carbocycles. The van der Waals surface area contributed by atoms with Gasteiger partial charge >= 0.3 is 0 Å². The van der Waals surface area contributed by atoms with Gasteiger partial charge in [-0.2, -0.15) is 9.50 Å². The minimum atomic E-state index is -0.214. The highest BCUT2D eigenvalue weighted by Gasteiger charge is 2.25. The Morgan fingerprint density at radius 3 is 2.74 bits per heavy atom. The van der Waals surface area contributed by atoms with Crippen molar-refractivity contribution in [2.75, 3.05) is 5.32 Å². The molecule has 0 radical (unpaired) electrons. The van der Waals surface area contributed by atoms with Gasteiger partial charge in [-0.05, 0) is 43.9 Å². The van der Waals surface area contributed by atoms with Gasteiger partial charge in [-0.1, -0.05) is 48.0 Å².